The third kappa shape index (κ3) is 3.68. The minimum Gasteiger partial charge on any atom is -0.354 e. The van der Waals surface area contributed by atoms with Crippen LogP contribution in [0.25, 0.3) is 11.4 Å². The summed E-state index contributed by atoms with van der Waals surface area (Å²) >= 11 is 0. The fourth-order valence-corrected chi connectivity index (χ4v) is 1.99. The molecule has 0 saturated heterocycles. The minimum absolute atomic E-state index is 0.618. The molecule has 0 amide bonds. The number of rotatable bonds is 7. The van der Waals surface area contributed by atoms with Gasteiger partial charge in [0, 0.05) is 32.9 Å². The highest BCUT2D eigenvalue weighted by molar-refractivity contribution is 5.56. The molecule has 114 valence electrons. The molecule has 2 heterocycles. The molecule has 7 nitrogen and oxygen atoms in total. The third-order valence-corrected chi connectivity index (χ3v) is 3.17. The van der Waals surface area contributed by atoms with E-state index in [1.807, 2.05) is 13.2 Å². The Morgan fingerprint density at radius 2 is 1.90 bits per heavy atom. The Balaban J connectivity index is 2.41. The van der Waals surface area contributed by atoms with Gasteiger partial charge in [0.1, 0.15) is 0 Å². The van der Waals surface area contributed by atoms with Gasteiger partial charge in [-0.1, -0.05) is 6.92 Å². The smallest absolute Gasteiger partial charge is 0.230 e. The van der Waals surface area contributed by atoms with E-state index in [-0.39, 0.29) is 0 Å². The fourth-order valence-electron chi connectivity index (χ4n) is 1.99. The Bertz CT molecular complexity index is 574. The molecule has 0 bridgehead atoms. The SMILES string of the molecule is CCCNc1nc(-c2cnn(C)c2)nc(N(CC)CC)n1. The van der Waals surface area contributed by atoms with E-state index in [1.54, 1.807) is 10.9 Å². The van der Waals surface area contributed by atoms with Gasteiger partial charge >= 0.3 is 0 Å². The molecule has 2 aromatic rings. The van der Waals surface area contributed by atoms with Gasteiger partial charge in [-0.05, 0) is 20.3 Å². The zero-order valence-electron chi connectivity index (χ0n) is 13.2. The number of hydrogen-bond donors (Lipinski definition) is 1. The summed E-state index contributed by atoms with van der Waals surface area (Å²) < 4.78 is 1.75. The van der Waals surface area contributed by atoms with Crippen molar-refractivity contribution >= 4 is 11.9 Å². The lowest BCUT2D eigenvalue weighted by Gasteiger charge is -2.19. The van der Waals surface area contributed by atoms with Crippen LogP contribution in [0.15, 0.2) is 12.4 Å². The molecule has 0 fully saturated rings. The Morgan fingerprint density at radius 3 is 2.48 bits per heavy atom. The van der Waals surface area contributed by atoms with Gasteiger partial charge in [-0.3, -0.25) is 4.68 Å². The average Bonchev–Trinajstić information content (AvgIpc) is 2.93. The molecule has 0 spiro atoms. The van der Waals surface area contributed by atoms with E-state index < -0.39 is 0 Å². The summed E-state index contributed by atoms with van der Waals surface area (Å²) in [6.07, 6.45) is 4.70. The van der Waals surface area contributed by atoms with Crippen LogP contribution in [-0.2, 0) is 7.05 Å². The first-order chi connectivity index (χ1) is 10.2. The molecule has 0 aliphatic rings. The van der Waals surface area contributed by atoms with Crippen LogP contribution in [-0.4, -0.2) is 44.4 Å². The van der Waals surface area contributed by atoms with Crippen molar-refractivity contribution in [3.8, 4) is 11.4 Å². The lowest BCUT2D eigenvalue weighted by atomic mass is 10.3. The van der Waals surface area contributed by atoms with E-state index in [2.05, 4.69) is 51.0 Å². The third-order valence-electron chi connectivity index (χ3n) is 3.17. The molecule has 0 unspecified atom stereocenters. The predicted molar refractivity (Wildman–Crippen MR) is 84.4 cm³/mol. The van der Waals surface area contributed by atoms with Crippen molar-refractivity contribution in [3.05, 3.63) is 12.4 Å². The summed E-state index contributed by atoms with van der Waals surface area (Å²) in [4.78, 5) is 15.7. The van der Waals surface area contributed by atoms with Crippen molar-refractivity contribution in [1.29, 1.82) is 0 Å². The number of nitrogens with zero attached hydrogens (tertiary/aromatic N) is 6. The molecule has 7 heteroatoms. The number of anilines is 2. The molecule has 0 atom stereocenters. The van der Waals surface area contributed by atoms with Crippen molar-refractivity contribution in [1.82, 2.24) is 24.7 Å². The first-order valence-electron chi connectivity index (χ1n) is 7.41. The van der Waals surface area contributed by atoms with E-state index in [4.69, 9.17) is 0 Å². The maximum atomic E-state index is 4.58. The topological polar surface area (TPSA) is 71.8 Å². The molecule has 2 rings (SSSR count). The van der Waals surface area contributed by atoms with Crippen molar-refractivity contribution < 1.29 is 0 Å². The lowest BCUT2D eigenvalue weighted by Crippen LogP contribution is -2.25. The van der Waals surface area contributed by atoms with Crippen LogP contribution in [0, 0.1) is 0 Å². The predicted octanol–water partition coefficient (Wildman–Crippen LogP) is 1.94. The zero-order valence-corrected chi connectivity index (χ0v) is 13.2. The van der Waals surface area contributed by atoms with Gasteiger partial charge in [-0.15, -0.1) is 0 Å². The highest BCUT2D eigenvalue weighted by Crippen LogP contribution is 2.19. The second kappa shape index (κ2) is 7.01. The first kappa shape index (κ1) is 15.2. The summed E-state index contributed by atoms with van der Waals surface area (Å²) in [6.45, 7) is 8.86. The minimum atomic E-state index is 0.618. The molecule has 2 aromatic heterocycles. The normalized spacial score (nSPS) is 10.7. The molecule has 0 saturated carbocycles. The van der Waals surface area contributed by atoms with Crippen LogP contribution >= 0.6 is 0 Å². The monoisotopic (exact) mass is 289 g/mol. The first-order valence-corrected chi connectivity index (χ1v) is 7.41. The van der Waals surface area contributed by atoms with Gasteiger partial charge in [-0.2, -0.15) is 20.1 Å². The second-order valence-electron chi connectivity index (χ2n) is 4.78. The van der Waals surface area contributed by atoms with Gasteiger partial charge in [0.15, 0.2) is 5.82 Å². The van der Waals surface area contributed by atoms with Crippen LogP contribution in [0.2, 0.25) is 0 Å². The summed E-state index contributed by atoms with van der Waals surface area (Å²) in [5.74, 6) is 1.97. The molecule has 0 aliphatic carbocycles. The summed E-state index contributed by atoms with van der Waals surface area (Å²) in [6, 6.07) is 0. The Morgan fingerprint density at radius 1 is 1.14 bits per heavy atom. The molecule has 21 heavy (non-hydrogen) atoms. The Labute approximate surface area is 125 Å². The largest absolute Gasteiger partial charge is 0.354 e. The van der Waals surface area contributed by atoms with E-state index in [1.165, 1.54) is 0 Å². The second-order valence-corrected chi connectivity index (χ2v) is 4.78. The van der Waals surface area contributed by atoms with E-state index in [9.17, 15) is 0 Å². The van der Waals surface area contributed by atoms with Crippen LogP contribution in [0.3, 0.4) is 0 Å². The van der Waals surface area contributed by atoms with Gasteiger partial charge < -0.3 is 10.2 Å². The molecular formula is C14H23N7. The van der Waals surface area contributed by atoms with E-state index in [0.717, 1.165) is 31.6 Å². The number of aryl methyl sites for hydroxylation is 1. The molecule has 0 aliphatic heterocycles. The van der Waals surface area contributed by atoms with Crippen molar-refractivity contribution in [2.75, 3.05) is 29.9 Å². The molecular weight excluding hydrogens is 266 g/mol. The van der Waals surface area contributed by atoms with Crippen LogP contribution in [0.4, 0.5) is 11.9 Å². The maximum absolute atomic E-state index is 4.58. The summed E-state index contributed by atoms with van der Waals surface area (Å²) in [5.41, 5.74) is 0.896. The van der Waals surface area contributed by atoms with Gasteiger partial charge in [-0.25, -0.2) is 0 Å². The van der Waals surface area contributed by atoms with Gasteiger partial charge in [0.25, 0.3) is 0 Å². The quantitative estimate of drug-likeness (QED) is 0.840. The molecule has 1 N–H and O–H groups in total. The number of nitrogens with one attached hydrogen (secondary N) is 1. The van der Waals surface area contributed by atoms with Gasteiger partial charge in [0.05, 0.1) is 11.8 Å². The van der Waals surface area contributed by atoms with Crippen LogP contribution < -0.4 is 10.2 Å². The zero-order chi connectivity index (χ0) is 15.2. The Kier molecular flexibility index (Phi) is 5.08. The van der Waals surface area contributed by atoms with E-state index in [0.29, 0.717) is 17.7 Å². The highest BCUT2D eigenvalue weighted by Gasteiger charge is 2.13. The van der Waals surface area contributed by atoms with E-state index >= 15 is 0 Å². The molecule has 0 radical (unpaired) electrons. The van der Waals surface area contributed by atoms with Gasteiger partial charge in [0.2, 0.25) is 11.9 Å². The number of aromatic nitrogens is 5. The van der Waals surface area contributed by atoms with Crippen molar-refractivity contribution in [2.24, 2.45) is 7.05 Å². The molecule has 0 aromatic carbocycles. The Hall–Kier alpha value is -2.18. The maximum Gasteiger partial charge on any atom is 0.230 e. The lowest BCUT2D eigenvalue weighted by molar-refractivity contribution is 0.767. The number of hydrogen-bond acceptors (Lipinski definition) is 6. The summed E-state index contributed by atoms with van der Waals surface area (Å²) in [5, 5.41) is 7.42. The standard InChI is InChI=1S/C14H23N7/c1-5-8-15-13-17-12(11-9-16-20(4)10-11)18-14(19-13)21(6-2)7-3/h9-10H,5-8H2,1-4H3,(H,15,17,18,19). The van der Waals surface area contributed by atoms with Crippen molar-refractivity contribution in [2.45, 2.75) is 27.2 Å². The van der Waals surface area contributed by atoms with Crippen LogP contribution in [0.1, 0.15) is 27.2 Å². The van der Waals surface area contributed by atoms with Crippen molar-refractivity contribution in [3.63, 3.8) is 0 Å². The summed E-state index contributed by atoms with van der Waals surface area (Å²) in [7, 11) is 1.88. The van der Waals surface area contributed by atoms with Crippen LogP contribution in [0.5, 0.6) is 0 Å². The highest BCUT2D eigenvalue weighted by atomic mass is 15.3. The average molecular weight is 289 g/mol. The fraction of sp³-hybridized carbons (Fsp3) is 0.571.